The van der Waals surface area contributed by atoms with Gasteiger partial charge in [0, 0.05) is 24.8 Å². The molecular weight excluding hydrogens is 228 g/mol. The lowest BCUT2D eigenvalue weighted by Gasteiger charge is -2.24. The van der Waals surface area contributed by atoms with E-state index in [4.69, 9.17) is 15.2 Å². The van der Waals surface area contributed by atoms with Gasteiger partial charge in [0.15, 0.2) is 0 Å². The van der Waals surface area contributed by atoms with E-state index in [1.54, 1.807) is 0 Å². The molecule has 0 spiro atoms. The number of hydrogen-bond acceptors (Lipinski definition) is 4. The summed E-state index contributed by atoms with van der Waals surface area (Å²) >= 11 is 0. The first kappa shape index (κ1) is 13.3. The van der Waals surface area contributed by atoms with E-state index < -0.39 is 0 Å². The van der Waals surface area contributed by atoms with Gasteiger partial charge < -0.3 is 15.2 Å². The quantitative estimate of drug-likeness (QED) is 0.886. The van der Waals surface area contributed by atoms with Crippen molar-refractivity contribution in [3.63, 3.8) is 0 Å². The highest BCUT2D eigenvalue weighted by Crippen LogP contribution is 2.22. The highest BCUT2D eigenvalue weighted by molar-refractivity contribution is 5.30. The number of nitrogens with two attached hydrogens (primary N) is 1. The lowest BCUT2D eigenvalue weighted by Crippen LogP contribution is -2.29. The smallest absolute Gasteiger partial charge is 0.141 e. The second kappa shape index (κ2) is 6.16. The molecule has 100 valence electrons. The molecule has 1 aliphatic rings. The molecule has 1 fully saturated rings. The molecule has 0 aliphatic carbocycles. The van der Waals surface area contributed by atoms with Crippen LogP contribution in [-0.2, 0) is 11.2 Å². The minimum Gasteiger partial charge on any atom is -0.486 e. The lowest BCUT2D eigenvalue weighted by atomic mass is 10.1. The molecule has 2 N–H and O–H groups in total. The molecule has 2 atom stereocenters. The van der Waals surface area contributed by atoms with Gasteiger partial charge in [-0.25, -0.2) is 0 Å². The van der Waals surface area contributed by atoms with Gasteiger partial charge in [0.25, 0.3) is 0 Å². The van der Waals surface area contributed by atoms with Crippen LogP contribution in [-0.4, -0.2) is 30.3 Å². The van der Waals surface area contributed by atoms with Gasteiger partial charge in [-0.15, -0.1) is 0 Å². The van der Waals surface area contributed by atoms with E-state index in [1.165, 1.54) is 0 Å². The van der Waals surface area contributed by atoms with Crippen LogP contribution >= 0.6 is 0 Å². The summed E-state index contributed by atoms with van der Waals surface area (Å²) < 4.78 is 11.4. The van der Waals surface area contributed by atoms with Gasteiger partial charge >= 0.3 is 0 Å². The zero-order valence-corrected chi connectivity index (χ0v) is 11.2. The van der Waals surface area contributed by atoms with Crippen LogP contribution in [0, 0.1) is 6.92 Å². The Morgan fingerprint density at radius 3 is 3.06 bits per heavy atom. The molecule has 18 heavy (non-hydrogen) atoms. The third-order valence-electron chi connectivity index (χ3n) is 3.00. The molecule has 2 heterocycles. The topological polar surface area (TPSA) is 57.4 Å². The fourth-order valence-electron chi connectivity index (χ4n) is 2.14. The summed E-state index contributed by atoms with van der Waals surface area (Å²) in [5, 5.41) is 0. The normalized spacial score (nSPS) is 21.6. The Labute approximate surface area is 108 Å². The number of ether oxygens (including phenoxy) is 2. The monoisotopic (exact) mass is 250 g/mol. The van der Waals surface area contributed by atoms with E-state index in [9.17, 15) is 0 Å². The molecule has 1 aromatic rings. The first-order chi connectivity index (χ1) is 8.65. The molecule has 2 rings (SSSR count). The maximum atomic E-state index is 6.00. The predicted molar refractivity (Wildman–Crippen MR) is 70.8 cm³/mol. The van der Waals surface area contributed by atoms with Gasteiger partial charge in [0.2, 0.25) is 0 Å². The third-order valence-corrected chi connectivity index (χ3v) is 3.00. The summed E-state index contributed by atoms with van der Waals surface area (Å²) in [7, 11) is 0. The van der Waals surface area contributed by atoms with Crippen molar-refractivity contribution in [1.82, 2.24) is 4.98 Å². The summed E-state index contributed by atoms with van der Waals surface area (Å²) in [6.45, 7) is 5.49. The molecule has 1 aromatic heterocycles. The van der Waals surface area contributed by atoms with Crippen molar-refractivity contribution >= 4 is 0 Å². The molecule has 2 unspecified atom stereocenters. The van der Waals surface area contributed by atoms with Crippen molar-refractivity contribution in [1.29, 1.82) is 0 Å². The van der Waals surface area contributed by atoms with Crippen molar-refractivity contribution in [3.05, 3.63) is 23.5 Å². The summed E-state index contributed by atoms with van der Waals surface area (Å²) in [5.41, 5.74) is 7.81. The molecule has 1 aliphatic heterocycles. The fraction of sp³-hybridized carbons (Fsp3) is 0.643. The van der Waals surface area contributed by atoms with Crippen LogP contribution in [0.1, 0.15) is 31.2 Å². The summed E-state index contributed by atoms with van der Waals surface area (Å²) in [4.78, 5) is 4.53. The largest absolute Gasteiger partial charge is 0.486 e. The number of pyridine rings is 1. The molecular formula is C14H22N2O2. The maximum absolute atomic E-state index is 6.00. The SMILES string of the molecule is Cc1ccc(OC2CCCOC2)c(CC(C)N)n1. The standard InChI is InChI=1S/C14H22N2O2/c1-10(15)8-13-14(6-5-11(2)16-13)18-12-4-3-7-17-9-12/h5-6,10,12H,3-4,7-9,15H2,1-2H3. The highest BCUT2D eigenvalue weighted by Gasteiger charge is 2.18. The zero-order valence-electron chi connectivity index (χ0n) is 11.2. The third kappa shape index (κ3) is 3.68. The number of aryl methyl sites for hydroxylation is 1. The predicted octanol–water partition coefficient (Wildman–Crippen LogP) is 1.84. The van der Waals surface area contributed by atoms with E-state index in [0.29, 0.717) is 6.61 Å². The summed E-state index contributed by atoms with van der Waals surface area (Å²) in [5.74, 6) is 0.855. The van der Waals surface area contributed by atoms with E-state index in [-0.39, 0.29) is 12.1 Å². The van der Waals surface area contributed by atoms with Crippen LogP contribution in [0.15, 0.2) is 12.1 Å². The Hall–Kier alpha value is -1.13. The van der Waals surface area contributed by atoms with Crippen molar-refractivity contribution in [2.24, 2.45) is 5.73 Å². The van der Waals surface area contributed by atoms with Crippen molar-refractivity contribution in [3.8, 4) is 5.75 Å². The van der Waals surface area contributed by atoms with Crippen LogP contribution in [0.2, 0.25) is 0 Å². The molecule has 1 saturated heterocycles. The molecule has 0 saturated carbocycles. The van der Waals surface area contributed by atoms with Crippen molar-refractivity contribution in [2.75, 3.05) is 13.2 Å². The molecule has 0 aromatic carbocycles. The first-order valence-corrected chi connectivity index (χ1v) is 6.61. The second-order valence-electron chi connectivity index (χ2n) is 5.04. The molecule has 0 amide bonds. The fourth-order valence-corrected chi connectivity index (χ4v) is 2.14. The van der Waals surface area contributed by atoms with Crippen LogP contribution in [0.5, 0.6) is 5.75 Å². The Balaban J connectivity index is 2.09. The molecule has 0 radical (unpaired) electrons. The second-order valence-corrected chi connectivity index (χ2v) is 5.04. The van der Waals surface area contributed by atoms with E-state index in [1.807, 2.05) is 26.0 Å². The van der Waals surface area contributed by atoms with Crippen LogP contribution in [0.25, 0.3) is 0 Å². The minimum absolute atomic E-state index is 0.0873. The average molecular weight is 250 g/mol. The molecule has 4 heteroatoms. The Morgan fingerprint density at radius 1 is 1.56 bits per heavy atom. The Morgan fingerprint density at radius 2 is 2.39 bits per heavy atom. The van der Waals surface area contributed by atoms with E-state index >= 15 is 0 Å². The van der Waals surface area contributed by atoms with Gasteiger partial charge in [-0.3, -0.25) is 4.98 Å². The van der Waals surface area contributed by atoms with Gasteiger partial charge in [-0.05, 0) is 38.8 Å². The number of rotatable bonds is 4. The van der Waals surface area contributed by atoms with Crippen LogP contribution < -0.4 is 10.5 Å². The molecule has 4 nitrogen and oxygen atoms in total. The van der Waals surface area contributed by atoms with Gasteiger partial charge in [-0.2, -0.15) is 0 Å². The van der Waals surface area contributed by atoms with Gasteiger partial charge in [0.1, 0.15) is 11.9 Å². The van der Waals surface area contributed by atoms with Crippen molar-refractivity contribution in [2.45, 2.75) is 45.3 Å². The van der Waals surface area contributed by atoms with Crippen molar-refractivity contribution < 1.29 is 9.47 Å². The average Bonchev–Trinajstić information content (AvgIpc) is 2.33. The first-order valence-electron chi connectivity index (χ1n) is 6.61. The van der Waals surface area contributed by atoms with E-state index in [0.717, 1.165) is 43.0 Å². The Kier molecular flexibility index (Phi) is 4.55. The Bertz CT molecular complexity index is 387. The number of aromatic nitrogens is 1. The van der Waals surface area contributed by atoms with Gasteiger partial charge in [-0.1, -0.05) is 0 Å². The summed E-state index contributed by atoms with van der Waals surface area (Å²) in [6.07, 6.45) is 3.00. The number of nitrogens with zero attached hydrogens (tertiary/aromatic N) is 1. The summed E-state index contributed by atoms with van der Waals surface area (Å²) in [6, 6.07) is 4.06. The lowest BCUT2D eigenvalue weighted by molar-refractivity contribution is 0.00682. The zero-order chi connectivity index (χ0) is 13.0. The van der Waals surface area contributed by atoms with Crippen LogP contribution in [0.3, 0.4) is 0 Å². The molecule has 0 bridgehead atoms. The number of hydrogen-bond donors (Lipinski definition) is 1. The van der Waals surface area contributed by atoms with Crippen LogP contribution in [0.4, 0.5) is 0 Å². The van der Waals surface area contributed by atoms with Gasteiger partial charge in [0.05, 0.1) is 12.3 Å². The highest BCUT2D eigenvalue weighted by atomic mass is 16.5. The maximum Gasteiger partial charge on any atom is 0.141 e. The minimum atomic E-state index is 0.0873. The van der Waals surface area contributed by atoms with E-state index in [2.05, 4.69) is 4.98 Å².